The maximum atomic E-state index is 6.19. The quantitative estimate of drug-likeness (QED) is 0.0968. The zero-order valence-corrected chi connectivity index (χ0v) is 30.4. The van der Waals surface area contributed by atoms with Crippen molar-refractivity contribution < 1.29 is 14.2 Å². The summed E-state index contributed by atoms with van der Waals surface area (Å²) in [6.45, 7) is 7.75. The van der Waals surface area contributed by atoms with Gasteiger partial charge >= 0.3 is 0 Å². The summed E-state index contributed by atoms with van der Waals surface area (Å²) in [5.74, 6) is 2.59. The van der Waals surface area contributed by atoms with Crippen molar-refractivity contribution in [3.63, 3.8) is 0 Å². The third kappa shape index (κ3) is 7.78. The molecule has 6 aromatic rings. The van der Waals surface area contributed by atoms with Crippen molar-refractivity contribution in [2.24, 2.45) is 0 Å². The molecule has 52 heavy (non-hydrogen) atoms. The molecule has 0 spiro atoms. The van der Waals surface area contributed by atoms with Gasteiger partial charge in [-0.05, 0) is 94.3 Å². The summed E-state index contributed by atoms with van der Waals surface area (Å²) >= 11 is 0. The summed E-state index contributed by atoms with van der Waals surface area (Å²) in [6, 6.07) is 51.9. The lowest BCUT2D eigenvalue weighted by Gasteiger charge is -2.34. The van der Waals surface area contributed by atoms with Gasteiger partial charge in [-0.2, -0.15) is 0 Å². The number of nitrogens with one attached hydrogen (secondary N) is 1. The lowest BCUT2D eigenvalue weighted by atomic mass is 9.67. The molecule has 1 aliphatic carbocycles. The fourth-order valence-electron chi connectivity index (χ4n) is 7.47. The summed E-state index contributed by atoms with van der Waals surface area (Å²) in [7, 11) is 0. The third-order valence-corrected chi connectivity index (χ3v) is 10.1. The van der Waals surface area contributed by atoms with E-state index in [0.717, 1.165) is 43.4 Å². The average molecular weight is 688 g/mol. The number of hydrogen-bond donors (Lipinski definition) is 1. The Morgan fingerprint density at radius 1 is 0.481 bits per heavy atom. The molecular weight excluding hydrogens is 639 g/mol. The van der Waals surface area contributed by atoms with Gasteiger partial charge in [-0.15, -0.1) is 0 Å². The molecule has 1 N–H and O–H groups in total. The Morgan fingerprint density at radius 3 is 1.65 bits per heavy atom. The summed E-state index contributed by atoms with van der Waals surface area (Å²) in [4.78, 5) is 0. The minimum atomic E-state index is -0.470. The van der Waals surface area contributed by atoms with Crippen LogP contribution in [0.15, 0.2) is 146 Å². The predicted molar refractivity (Wildman–Crippen MR) is 213 cm³/mol. The molecule has 0 aromatic heterocycles. The van der Waals surface area contributed by atoms with E-state index in [0.29, 0.717) is 13.2 Å². The van der Waals surface area contributed by atoms with Gasteiger partial charge in [-0.3, -0.25) is 0 Å². The summed E-state index contributed by atoms with van der Waals surface area (Å²) in [5.41, 5.74) is 10.9. The van der Waals surface area contributed by atoms with Crippen molar-refractivity contribution >= 4 is 0 Å². The highest BCUT2D eigenvalue weighted by atomic mass is 16.5. The van der Waals surface area contributed by atoms with Gasteiger partial charge in [-0.25, -0.2) is 0 Å². The minimum absolute atomic E-state index is 0.454. The van der Waals surface area contributed by atoms with Gasteiger partial charge < -0.3 is 19.5 Å². The molecule has 1 unspecified atom stereocenters. The van der Waals surface area contributed by atoms with E-state index in [1.807, 2.05) is 18.2 Å². The van der Waals surface area contributed by atoms with Crippen molar-refractivity contribution in [1.29, 1.82) is 0 Å². The highest BCUT2D eigenvalue weighted by molar-refractivity contribution is 5.86. The van der Waals surface area contributed by atoms with Gasteiger partial charge in [0, 0.05) is 13.1 Å². The van der Waals surface area contributed by atoms with Gasteiger partial charge in [0.25, 0.3) is 0 Å². The molecular formula is C48H49NO3. The van der Waals surface area contributed by atoms with Crippen molar-refractivity contribution in [2.75, 3.05) is 19.8 Å². The highest BCUT2D eigenvalue weighted by Gasteiger charge is 2.46. The Kier molecular flexibility index (Phi) is 11.3. The van der Waals surface area contributed by atoms with Crippen LogP contribution in [-0.4, -0.2) is 19.8 Å². The lowest BCUT2D eigenvalue weighted by Crippen LogP contribution is -2.28. The maximum Gasteiger partial charge on any atom is 0.122 e. The van der Waals surface area contributed by atoms with Crippen molar-refractivity contribution in [3.8, 4) is 28.4 Å². The molecule has 0 bridgehead atoms. The van der Waals surface area contributed by atoms with E-state index in [4.69, 9.17) is 14.2 Å². The van der Waals surface area contributed by atoms with E-state index >= 15 is 0 Å². The second-order valence-electron chi connectivity index (χ2n) is 13.7. The Hall–Kier alpha value is -5.32. The Labute approximate surface area is 309 Å². The Bertz CT molecular complexity index is 2020. The van der Waals surface area contributed by atoms with E-state index in [1.165, 1.54) is 69.3 Å². The number of aryl methyl sites for hydroxylation is 1. The van der Waals surface area contributed by atoms with Crippen LogP contribution in [0.5, 0.6) is 17.2 Å². The van der Waals surface area contributed by atoms with Crippen LogP contribution >= 0.6 is 0 Å². The summed E-state index contributed by atoms with van der Waals surface area (Å²) < 4.78 is 18.4. The molecule has 0 saturated heterocycles. The van der Waals surface area contributed by atoms with Gasteiger partial charge in [-0.1, -0.05) is 141 Å². The number of ether oxygens (including phenoxy) is 3. The molecule has 0 aliphatic heterocycles. The van der Waals surface area contributed by atoms with E-state index in [-0.39, 0.29) is 0 Å². The first kappa shape index (κ1) is 35.1. The molecule has 0 amide bonds. The Balaban J connectivity index is 1.04. The number of benzene rings is 6. The SMILES string of the molecule is CCCCCCOc1ccc(C2(c3ccc(OCCOc4ccc(CNCc5ccccc5)cc4)cc3)c3ccccc3-c3ccc(C)cc32)cc1. The molecule has 0 fully saturated rings. The van der Waals surface area contributed by atoms with Crippen LogP contribution < -0.4 is 19.5 Å². The first-order chi connectivity index (χ1) is 25.6. The van der Waals surface area contributed by atoms with Crippen molar-refractivity contribution in [2.45, 2.75) is 58.0 Å². The lowest BCUT2D eigenvalue weighted by molar-refractivity contribution is 0.217. The van der Waals surface area contributed by atoms with Crippen molar-refractivity contribution in [1.82, 2.24) is 5.32 Å². The molecule has 1 aliphatic rings. The molecule has 7 rings (SSSR count). The Morgan fingerprint density at radius 2 is 1.02 bits per heavy atom. The monoisotopic (exact) mass is 687 g/mol. The first-order valence-corrected chi connectivity index (χ1v) is 18.8. The maximum absolute atomic E-state index is 6.19. The van der Waals surface area contributed by atoms with E-state index in [9.17, 15) is 0 Å². The summed E-state index contributed by atoms with van der Waals surface area (Å²) in [5, 5.41) is 3.50. The first-order valence-electron chi connectivity index (χ1n) is 18.8. The number of rotatable bonds is 17. The van der Waals surface area contributed by atoms with Gasteiger partial charge in [0.05, 0.1) is 12.0 Å². The van der Waals surface area contributed by atoms with Crippen LogP contribution in [0.25, 0.3) is 11.1 Å². The molecule has 4 nitrogen and oxygen atoms in total. The molecule has 6 aromatic carbocycles. The predicted octanol–water partition coefficient (Wildman–Crippen LogP) is 11.1. The van der Waals surface area contributed by atoms with Gasteiger partial charge in [0.1, 0.15) is 30.5 Å². The third-order valence-electron chi connectivity index (χ3n) is 10.1. The van der Waals surface area contributed by atoms with Crippen LogP contribution in [0.3, 0.4) is 0 Å². The smallest absolute Gasteiger partial charge is 0.122 e. The number of unbranched alkanes of at least 4 members (excludes halogenated alkanes) is 3. The van der Waals surface area contributed by atoms with Gasteiger partial charge in [0.15, 0.2) is 0 Å². The number of fused-ring (bicyclic) bond motifs is 3. The second kappa shape index (κ2) is 16.8. The average Bonchev–Trinajstić information content (AvgIpc) is 3.48. The van der Waals surface area contributed by atoms with Crippen molar-refractivity contribution in [3.05, 3.63) is 185 Å². The zero-order chi connectivity index (χ0) is 35.6. The molecule has 4 heteroatoms. The normalized spacial score (nSPS) is 14.4. The highest BCUT2D eigenvalue weighted by Crippen LogP contribution is 2.56. The van der Waals surface area contributed by atoms with E-state index in [1.54, 1.807) is 0 Å². The number of hydrogen-bond acceptors (Lipinski definition) is 4. The van der Waals surface area contributed by atoms with Crippen LogP contribution in [0.2, 0.25) is 0 Å². The molecule has 0 radical (unpaired) electrons. The largest absolute Gasteiger partial charge is 0.494 e. The minimum Gasteiger partial charge on any atom is -0.494 e. The zero-order valence-electron chi connectivity index (χ0n) is 30.4. The summed E-state index contributed by atoms with van der Waals surface area (Å²) in [6.07, 6.45) is 4.77. The molecule has 0 saturated carbocycles. The van der Waals surface area contributed by atoms with Crippen LogP contribution in [0.1, 0.15) is 71.6 Å². The molecule has 264 valence electrons. The standard InChI is InChI=1S/C48H49NO3/c1-3-4-5-11-30-50-42-25-19-39(20-26-42)48(46-15-10-9-14-44(46)45-29-16-36(2)33-47(45)48)40-21-27-43(28-22-40)52-32-31-51-41-23-17-38(18-24-41)35-49-34-37-12-7-6-8-13-37/h6-10,12-29,33,49H,3-5,11,30-32,34-35H2,1-2H3. The van der Waals surface area contributed by atoms with Gasteiger partial charge in [0.2, 0.25) is 0 Å². The topological polar surface area (TPSA) is 39.7 Å². The van der Waals surface area contributed by atoms with Crippen LogP contribution in [-0.2, 0) is 18.5 Å². The molecule has 0 heterocycles. The second-order valence-corrected chi connectivity index (χ2v) is 13.7. The van der Waals surface area contributed by atoms with E-state index in [2.05, 4.69) is 147 Å². The van der Waals surface area contributed by atoms with Crippen LogP contribution in [0.4, 0.5) is 0 Å². The fourth-order valence-corrected chi connectivity index (χ4v) is 7.47. The molecule has 1 atom stereocenters. The fraction of sp³-hybridized carbons (Fsp3) is 0.250. The van der Waals surface area contributed by atoms with E-state index < -0.39 is 5.41 Å². The van der Waals surface area contributed by atoms with Crippen LogP contribution in [0, 0.1) is 6.92 Å².